The molecule has 148 valence electrons. The van der Waals surface area contributed by atoms with Gasteiger partial charge in [-0.1, -0.05) is 5.12 Å². The van der Waals surface area contributed by atoms with Gasteiger partial charge in [0, 0.05) is 5.56 Å². The number of amides is 1. The third-order valence-corrected chi connectivity index (χ3v) is 2.99. The molecule has 6 nitrogen and oxygen atoms in total. The molecule has 27 heavy (non-hydrogen) atoms. The molecule has 0 radical (unpaired) electrons. The number of rotatable bonds is 1. The maximum atomic E-state index is 13.0. The third kappa shape index (κ3) is 4.40. The van der Waals surface area contributed by atoms with E-state index < -0.39 is 52.7 Å². The van der Waals surface area contributed by atoms with E-state index in [1.165, 1.54) is 5.53 Å². The Labute approximate surface area is 142 Å². The van der Waals surface area contributed by atoms with Gasteiger partial charge in [0.15, 0.2) is 5.71 Å². The smallest absolute Gasteiger partial charge is 0.449 e. The van der Waals surface area contributed by atoms with Crippen LogP contribution in [0.15, 0.2) is 28.4 Å². The molecule has 2 rings (SSSR count). The predicted octanol–water partition coefficient (Wildman–Crippen LogP) is 3.84. The highest BCUT2D eigenvalue weighted by Crippen LogP contribution is 2.37. The molecule has 15 heteroatoms. The third-order valence-electron chi connectivity index (χ3n) is 2.99. The van der Waals surface area contributed by atoms with Gasteiger partial charge in [0.25, 0.3) is 0 Å². The fourth-order valence-electron chi connectivity index (χ4n) is 1.89. The highest BCUT2D eigenvalue weighted by atomic mass is 19.4. The summed E-state index contributed by atoms with van der Waals surface area (Å²) in [6.07, 6.45) is -18.0. The molecule has 1 aromatic carbocycles. The van der Waals surface area contributed by atoms with E-state index in [1.54, 1.807) is 0 Å². The maximum Gasteiger partial charge on any atom is 0.449 e. The normalized spacial score (nSPS) is 15.8. The van der Waals surface area contributed by atoms with Crippen LogP contribution >= 0.6 is 0 Å². The summed E-state index contributed by atoms with van der Waals surface area (Å²) in [5.74, 6) is 0. The van der Waals surface area contributed by atoms with Crippen molar-refractivity contribution < 1.29 is 49.4 Å². The van der Waals surface area contributed by atoms with Crippen LogP contribution < -0.4 is 5.53 Å². The van der Waals surface area contributed by atoms with Gasteiger partial charge in [-0.15, -0.1) is 5.10 Å². The molecule has 0 fully saturated rings. The van der Waals surface area contributed by atoms with Crippen LogP contribution in [0.5, 0.6) is 0 Å². The quantitative estimate of drug-likeness (QED) is 0.694. The molecule has 0 unspecified atom stereocenters. The molecular weight excluding hydrogens is 403 g/mol. The topological polar surface area (TPSA) is 77.3 Å². The molecule has 1 heterocycles. The van der Waals surface area contributed by atoms with Gasteiger partial charge in [-0.25, -0.2) is 4.79 Å². The Morgan fingerprint density at radius 3 is 1.74 bits per heavy atom. The molecule has 1 aliphatic rings. The first-order chi connectivity index (χ1) is 12.1. The summed E-state index contributed by atoms with van der Waals surface area (Å²) < 4.78 is 116. The number of hydrazone groups is 2. The summed E-state index contributed by atoms with van der Waals surface area (Å²) in [6.45, 7) is 0. The Kier molecular flexibility index (Phi) is 4.75. The monoisotopic (exact) mass is 408 g/mol. The van der Waals surface area contributed by atoms with E-state index >= 15 is 0 Å². The lowest BCUT2D eigenvalue weighted by molar-refractivity contribution is -0.143. The van der Waals surface area contributed by atoms with Crippen LogP contribution in [0.25, 0.3) is 0 Å². The number of hydrogen-bond acceptors (Lipinski definition) is 4. The second-order valence-electron chi connectivity index (χ2n) is 4.90. The van der Waals surface area contributed by atoms with Crippen molar-refractivity contribution in [3.8, 4) is 0 Å². The summed E-state index contributed by atoms with van der Waals surface area (Å²) in [5, 5.41) is 13.9. The summed E-state index contributed by atoms with van der Waals surface area (Å²) >= 11 is 0. The zero-order valence-electron chi connectivity index (χ0n) is 12.3. The lowest BCUT2D eigenvalue weighted by atomic mass is 9.98. The molecule has 0 aliphatic carbocycles. The van der Waals surface area contributed by atoms with E-state index in [2.05, 4.69) is 10.2 Å². The van der Waals surface area contributed by atoms with Crippen molar-refractivity contribution in [1.29, 1.82) is 0 Å². The van der Waals surface area contributed by atoms with Gasteiger partial charge in [-0.05, 0) is 18.2 Å². The van der Waals surface area contributed by atoms with Crippen molar-refractivity contribution in [2.75, 3.05) is 0 Å². The van der Waals surface area contributed by atoms with Crippen molar-refractivity contribution in [3.05, 3.63) is 34.9 Å². The first-order valence-electron chi connectivity index (χ1n) is 6.43. The van der Waals surface area contributed by atoms with Crippen LogP contribution in [-0.2, 0) is 12.4 Å². The molecule has 0 atom stereocenters. The van der Waals surface area contributed by atoms with Gasteiger partial charge < -0.3 is 5.11 Å². The predicted molar refractivity (Wildman–Crippen MR) is 69.5 cm³/mol. The Morgan fingerprint density at radius 2 is 1.37 bits per heavy atom. The molecule has 0 spiro atoms. The summed E-state index contributed by atoms with van der Waals surface area (Å²) in [5.41, 5.74) is -7.30. The van der Waals surface area contributed by atoms with Gasteiger partial charge in [-0.3, -0.25) is 0 Å². The second-order valence-corrected chi connectivity index (χ2v) is 4.90. The van der Waals surface area contributed by atoms with Crippen molar-refractivity contribution in [1.82, 2.24) is 10.7 Å². The number of benzene rings is 1. The lowest BCUT2D eigenvalue weighted by Gasteiger charge is -2.23. The Morgan fingerprint density at radius 1 is 0.889 bits per heavy atom. The number of nitrogens with zero attached hydrogens (tertiary/aromatic N) is 3. The highest BCUT2D eigenvalue weighted by molar-refractivity contribution is 6.50. The molecule has 1 aliphatic heterocycles. The van der Waals surface area contributed by atoms with E-state index in [0.717, 1.165) is 0 Å². The summed E-state index contributed by atoms with van der Waals surface area (Å²) in [7, 11) is 0. The lowest BCUT2D eigenvalue weighted by Crippen LogP contribution is -2.45. The number of carbonyl (C=O) groups is 1. The van der Waals surface area contributed by atoms with Crippen LogP contribution in [0.1, 0.15) is 16.7 Å². The van der Waals surface area contributed by atoms with Gasteiger partial charge in [0.1, 0.15) is 5.71 Å². The van der Waals surface area contributed by atoms with Crippen molar-refractivity contribution in [3.63, 3.8) is 0 Å². The van der Waals surface area contributed by atoms with Crippen molar-refractivity contribution in [2.45, 2.75) is 18.5 Å². The zero-order chi connectivity index (χ0) is 20.8. The number of nitrogens with one attached hydrogen (secondary N) is 1. The molecule has 2 N–H and O–H groups in total. The Balaban J connectivity index is 2.75. The average molecular weight is 408 g/mol. The maximum absolute atomic E-state index is 13.0. The molecule has 0 aromatic heterocycles. The average Bonchev–Trinajstić information content (AvgIpc) is 2.51. The Bertz CT molecular complexity index is 791. The van der Waals surface area contributed by atoms with Crippen LogP contribution in [-0.4, -0.2) is 33.9 Å². The highest BCUT2D eigenvalue weighted by Gasteiger charge is 2.44. The molecule has 1 amide bonds. The SMILES string of the molecule is O=C(O)N1N=C(c2cc(C(F)(F)F)cc(C(F)(F)F)c2)C(C(F)(F)F)=NN1. The standard InChI is InChI=1S/C12H5F9N4O2/c13-10(14,15)5-1-4(2-6(3-5)11(16,17)18)7-8(12(19,20)21)22-24-25(23-7)9(26)27/h1-3,24H,(H,26,27). The summed E-state index contributed by atoms with van der Waals surface area (Å²) in [4.78, 5) is 10.8. The minimum atomic E-state index is -5.36. The van der Waals surface area contributed by atoms with E-state index in [9.17, 15) is 44.3 Å². The zero-order valence-corrected chi connectivity index (χ0v) is 12.3. The van der Waals surface area contributed by atoms with Gasteiger partial charge in [0.05, 0.1) is 11.1 Å². The van der Waals surface area contributed by atoms with E-state index in [0.29, 0.717) is 0 Å². The first-order valence-corrected chi connectivity index (χ1v) is 6.43. The van der Waals surface area contributed by atoms with Crippen molar-refractivity contribution >= 4 is 17.5 Å². The first kappa shape index (κ1) is 20.3. The molecule has 0 saturated carbocycles. The Hall–Kier alpha value is -3.00. The number of hydrogen-bond donors (Lipinski definition) is 2. The van der Waals surface area contributed by atoms with Crippen LogP contribution in [0.3, 0.4) is 0 Å². The van der Waals surface area contributed by atoms with Crippen LogP contribution in [0.4, 0.5) is 44.3 Å². The van der Waals surface area contributed by atoms with Crippen molar-refractivity contribution in [2.24, 2.45) is 10.2 Å². The minimum Gasteiger partial charge on any atom is -0.462 e. The summed E-state index contributed by atoms with van der Waals surface area (Å²) in [6, 6.07) is -0.355. The van der Waals surface area contributed by atoms with Crippen LogP contribution in [0.2, 0.25) is 0 Å². The second kappa shape index (κ2) is 6.31. The fraction of sp³-hybridized carbons (Fsp3) is 0.250. The minimum absolute atomic E-state index is 0.0271. The molecular formula is C12H5F9N4O2. The van der Waals surface area contributed by atoms with E-state index in [4.69, 9.17) is 5.11 Å². The fourth-order valence-corrected chi connectivity index (χ4v) is 1.89. The number of alkyl halides is 9. The number of hydrazine groups is 1. The molecule has 0 bridgehead atoms. The van der Waals surface area contributed by atoms with Gasteiger partial charge in [-0.2, -0.15) is 50.1 Å². The molecule has 1 aromatic rings. The largest absolute Gasteiger partial charge is 0.462 e. The number of carboxylic acid groups (broad SMARTS) is 1. The van der Waals surface area contributed by atoms with E-state index in [-0.39, 0.29) is 23.3 Å². The van der Waals surface area contributed by atoms with Crippen LogP contribution in [0, 0.1) is 0 Å². The van der Waals surface area contributed by atoms with E-state index in [1.807, 2.05) is 0 Å². The molecule has 0 saturated heterocycles. The number of halogens is 9. The van der Waals surface area contributed by atoms with Gasteiger partial charge in [0.2, 0.25) is 0 Å². The van der Waals surface area contributed by atoms with Gasteiger partial charge >= 0.3 is 24.6 Å².